The summed E-state index contributed by atoms with van der Waals surface area (Å²) in [5.74, 6) is 0.167. The van der Waals surface area contributed by atoms with Crippen LogP contribution in [0.2, 0.25) is 0 Å². The van der Waals surface area contributed by atoms with Gasteiger partial charge in [-0.3, -0.25) is 9.69 Å². The molecule has 41 heavy (non-hydrogen) atoms. The van der Waals surface area contributed by atoms with E-state index < -0.39 is 11.9 Å². The minimum Gasteiger partial charge on any atom is -0.485 e. The first kappa shape index (κ1) is 27.7. The molecule has 2 fully saturated rings. The summed E-state index contributed by atoms with van der Waals surface area (Å²) in [5.41, 5.74) is 5.74. The summed E-state index contributed by atoms with van der Waals surface area (Å²) >= 11 is 0. The lowest BCUT2D eigenvalue weighted by molar-refractivity contribution is -0.142. The Labute approximate surface area is 241 Å². The third kappa shape index (κ3) is 5.96. The molecule has 2 aliphatic heterocycles. The third-order valence-electron chi connectivity index (χ3n) is 8.99. The number of hydrogen-bond acceptors (Lipinski definition) is 5. The van der Waals surface area contributed by atoms with Gasteiger partial charge >= 0.3 is 5.97 Å². The molecule has 2 aromatic carbocycles. The number of halogens is 1. The summed E-state index contributed by atoms with van der Waals surface area (Å²) in [7, 11) is 0. The van der Waals surface area contributed by atoms with Gasteiger partial charge in [-0.2, -0.15) is 0 Å². The molecule has 0 amide bonds. The first-order chi connectivity index (χ1) is 19.9. The maximum atomic E-state index is 15.1. The number of rotatable bonds is 10. The van der Waals surface area contributed by atoms with Crippen LogP contribution in [0.1, 0.15) is 80.2 Å². The van der Waals surface area contributed by atoms with Gasteiger partial charge in [0, 0.05) is 18.2 Å². The van der Waals surface area contributed by atoms with Gasteiger partial charge in [-0.1, -0.05) is 37.3 Å². The molecule has 1 N–H and O–H groups in total. The van der Waals surface area contributed by atoms with Crippen molar-refractivity contribution in [3.63, 3.8) is 0 Å². The zero-order valence-corrected chi connectivity index (χ0v) is 23.9. The predicted molar refractivity (Wildman–Crippen MR) is 156 cm³/mol. The van der Waals surface area contributed by atoms with E-state index in [1.165, 1.54) is 24.6 Å². The highest BCUT2D eigenvalue weighted by molar-refractivity contribution is 5.71. The summed E-state index contributed by atoms with van der Waals surface area (Å²) < 4.78 is 27.3. The molecule has 0 spiro atoms. The Kier molecular flexibility index (Phi) is 7.98. The van der Waals surface area contributed by atoms with Crippen molar-refractivity contribution in [1.29, 1.82) is 0 Å². The van der Waals surface area contributed by atoms with Gasteiger partial charge in [0.15, 0.2) is 0 Å². The van der Waals surface area contributed by atoms with Crippen LogP contribution < -0.4 is 9.47 Å². The number of nitrogens with zero attached hydrogens (tertiary/aromatic N) is 2. The van der Waals surface area contributed by atoms with Crippen LogP contribution in [0, 0.1) is 17.7 Å². The van der Waals surface area contributed by atoms with Gasteiger partial charge in [-0.15, -0.1) is 0 Å². The lowest BCUT2D eigenvalue weighted by atomic mass is 9.82. The molecule has 0 radical (unpaired) electrons. The van der Waals surface area contributed by atoms with E-state index >= 15 is 4.39 Å². The molecule has 216 valence electrons. The smallest absolute Gasteiger partial charge is 0.306 e. The molecule has 1 aliphatic carbocycles. The maximum Gasteiger partial charge on any atom is 0.306 e. The topological polar surface area (TPSA) is 71.9 Å². The van der Waals surface area contributed by atoms with Crippen LogP contribution in [0.5, 0.6) is 11.6 Å². The molecule has 6 rings (SSSR count). The number of aliphatic carboxylic acids is 1. The van der Waals surface area contributed by atoms with Crippen molar-refractivity contribution < 1.29 is 23.8 Å². The highest BCUT2D eigenvalue weighted by Gasteiger charge is 2.39. The Morgan fingerprint density at radius 1 is 1.12 bits per heavy atom. The molecular formula is C34H39FN2O4. The molecule has 3 aromatic rings. The standard InChI is InChI=1S/C34H39FN2O4/c1-3-40-32-18-28(29(35)19-36-32)27-12-10-24(16-26(27)20-37-14-4-5-15-37)30-13-11-22-6-9-25(17-31(22)41-30)33(23-7-8-23)21(2)34(38)39/h6,9-10,12,16-19,21,23,30,33H,3-5,7-8,11,13-15,20H2,1-2H3,(H,38,39)/t21-,30?,33-/m0/s1. The molecule has 1 unspecified atom stereocenters. The van der Waals surface area contributed by atoms with E-state index in [2.05, 4.69) is 40.2 Å². The van der Waals surface area contributed by atoms with E-state index in [0.29, 0.717) is 24.0 Å². The number of pyridine rings is 1. The number of carbonyl (C=O) groups is 1. The second-order valence-corrected chi connectivity index (χ2v) is 11.8. The minimum atomic E-state index is -0.747. The number of aryl methyl sites for hydroxylation is 1. The Hall–Kier alpha value is -3.45. The fraction of sp³-hybridized carbons (Fsp3) is 0.471. The molecule has 1 aromatic heterocycles. The zero-order chi connectivity index (χ0) is 28.5. The SMILES string of the molecule is CCOc1cc(-c2ccc(C3CCc4ccc([C@H](C5CC5)[C@H](C)C(=O)O)cc4O3)cc2CN2CCCC2)c(F)cn1. The van der Waals surface area contributed by atoms with E-state index in [-0.39, 0.29) is 17.8 Å². The van der Waals surface area contributed by atoms with Crippen LogP contribution in [0.25, 0.3) is 11.1 Å². The summed E-state index contributed by atoms with van der Waals surface area (Å²) in [6, 6.07) is 14.3. The maximum absolute atomic E-state index is 15.1. The van der Waals surface area contributed by atoms with Crippen LogP contribution in [-0.4, -0.2) is 40.7 Å². The fourth-order valence-electron chi connectivity index (χ4n) is 6.65. The largest absolute Gasteiger partial charge is 0.485 e. The van der Waals surface area contributed by atoms with Crippen molar-refractivity contribution in [3.05, 3.63) is 76.7 Å². The van der Waals surface area contributed by atoms with E-state index in [9.17, 15) is 9.90 Å². The third-order valence-corrected chi connectivity index (χ3v) is 8.99. The van der Waals surface area contributed by atoms with Gasteiger partial charge in [0.1, 0.15) is 17.7 Å². The van der Waals surface area contributed by atoms with Gasteiger partial charge < -0.3 is 14.6 Å². The number of carboxylic acid groups (broad SMARTS) is 1. The summed E-state index contributed by atoms with van der Waals surface area (Å²) in [6.07, 6.45) is 7.39. The Bertz CT molecular complexity index is 1420. The summed E-state index contributed by atoms with van der Waals surface area (Å²) in [5, 5.41) is 9.74. The second-order valence-electron chi connectivity index (χ2n) is 11.8. The first-order valence-corrected chi connectivity index (χ1v) is 15.1. The number of aromatic nitrogens is 1. The number of fused-ring (bicyclic) bond motifs is 1. The molecule has 0 bridgehead atoms. The quantitative estimate of drug-likeness (QED) is 0.285. The summed E-state index contributed by atoms with van der Waals surface area (Å²) in [6.45, 7) is 7.01. The average Bonchev–Trinajstić information content (AvgIpc) is 3.68. The van der Waals surface area contributed by atoms with Crippen LogP contribution in [0.4, 0.5) is 4.39 Å². The lowest BCUT2D eigenvalue weighted by Crippen LogP contribution is -2.22. The van der Waals surface area contributed by atoms with Gasteiger partial charge in [-0.25, -0.2) is 9.37 Å². The van der Waals surface area contributed by atoms with E-state index in [0.717, 1.165) is 73.3 Å². The molecule has 6 nitrogen and oxygen atoms in total. The van der Waals surface area contributed by atoms with Gasteiger partial charge in [0.2, 0.25) is 5.88 Å². The molecule has 3 aliphatic rings. The van der Waals surface area contributed by atoms with Crippen molar-refractivity contribution in [1.82, 2.24) is 9.88 Å². The molecule has 1 saturated carbocycles. The molecular weight excluding hydrogens is 519 g/mol. The highest BCUT2D eigenvalue weighted by atomic mass is 19.1. The lowest BCUT2D eigenvalue weighted by Gasteiger charge is -2.29. The van der Waals surface area contributed by atoms with E-state index in [4.69, 9.17) is 9.47 Å². The summed E-state index contributed by atoms with van der Waals surface area (Å²) in [4.78, 5) is 18.4. The van der Waals surface area contributed by atoms with Crippen molar-refractivity contribution in [2.75, 3.05) is 19.7 Å². The van der Waals surface area contributed by atoms with Gasteiger partial charge in [-0.05, 0) is 104 Å². The average molecular weight is 559 g/mol. The minimum absolute atomic E-state index is 0.00459. The number of hydrogen-bond donors (Lipinski definition) is 1. The predicted octanol–water partition coefficient (Wildman–Crippen LogP) is 7.16. The van der Waals surface area contributed by atoms with Crippen LogP contribution in [0.3, 0.4) is 0 Å². The molecule has 1 saturated heterocycles. The Morgan fingerprint density at radius 3 is 2.66 bits per heavy atom. The fourth-order valence-corrected chi connectivity index (χ4v) is 6.65. The van der Waals surface area contributed by atoms with Crippen LogP contribution in [0.15, 0.2) is 48.7 Å². The number of carboxylic acids is 1. The Balaban J connectivity index is 1.31. The van der Waals surface area contributed by atoms with E-state index in [1.54, 1.807) is 6.07 Å². The van der Waals surface area contributed by atoms with E-state index in [1.807, 2.05) is 19.9 Å². The van der Waals surface area contributed by atoms with Crippen LogP contribution in [-0.2, 0) is 17.8 Å². The van der Waals surface area contributed by atoms with Gasteiger partial charge in [0.25, 0.3) is 0 Å². The number of benzene rings is 2. The van der Waals surface area contributed by atoms with Crippen molar-refractivity contribution in [2.45, 2.75) is 70.9 Å². The first-order valence-electron chi connectivity index (χ1n) is 15.1. The van der Waals surface area contributed by atoms with Crippen LogP contribution >= 0.6 is 0 Å². The van der Waals surface area contributed by atoms with Crippen molar-refractivity contribution in [3.8, 4) is 22.8 Å². The number of likely N-dealkylation sites (tertiary alicyclic amines) is 1. The Morgan fingerprint density at radius 2 is 1.93 bits per heavy atom. The van der Waals surface area contributed by atoms with Crippen molar-refractivity contribution in [2.24, 2.45) is 11.8 Å². The highest BCUT2D eigenvalue weighted by Crippen LogP contribution is 2.48. The van der Waals surface area contributed by atoms with Crippen molar-refractivity contribution >= 4 is 5.97 Å². The number of ether oxygens (including phenoxy) is 2. The molecule has 3 heterocycles. The second kappa shape index (κ2) is 11.8. The molecule has 3 atom stereocenters. The van der Waals surface area contributed by atoms with Gasteiger partial charge in [0.05, 0.1) is 18.7 Å². The zero-order valence-electron chi connectivity index (χ0n) is 23.9. The monoisotopic (exact) mass is 558 g/mol. The normalized spacial score (nSPS) is 20.2. The molecule has 7 heteroatoms.